The van der Waals surface area contributed by atoms with Gasteiger partial charge in [-0.05, 0) is 18.2 Å². The number of hydrogen-bond donors (Lipinski definition) is 2. The lowest BCUT2D eigenvalue weighted by Crippen LogP contribution is -2.57. The zero-order valence-corrected chi connectivity index (χ0v) is 13.1. The highest BCUT2D eigenvalue weighted by Gasteiger charge is 2.32. The Hall–Kier alpha value is -0.710. The molecule has 0 amide bonds. The first-order valence-corrected chi connectivity index (χ1v) is 8.53. The van der Waals surface area contributed by atoms with Crippen molar-refractivity contribution in [1.82, 2.24) is 9.62 Å². The van der Waals surface area contributed by atoms with Crippen LogP contribution in [0.4, 0.5) is 0 Å². The molecule has 0 aromatic heterocycles. The van der Waals surface area contributed by atoms with Crippen LogP contribution < -0.4 is 10.5 Å². The molecule has 0 radical (unpaired) electrons. The molecule has 7 nitrogen and oxygen atoms in total. The van der Waals surface area contributed by atoms with E-state index in [9.17, 15) is 16.8 Å². The van der Waals surface area contributed by atoms with Crippen LogP contribution in [0.2, 0.25) is 0 Å². The van der Waals surface area contributed by atoms with Crippen LogP contribution in [-0.4, -0.2) is 47.3 Å². The van der Waals surface area contributed by atoms with Crippen LogP contribution in [0.3, 0.4) is 0 Å². The van der Waals surface area contributed by atoms with E-state index in [1.165, 1.54) is 29.6 Å². The molecule has 20 heavy (non-hydrogen) atoms. The minimum Gasteiger partial charge on any atom is -0.313 e. The standard InChI is InChI=1S/C10H15N3O4S2.ClH/c1-13(8-6-12-7-8)19(16,17)10-4-2-3-9(5-10)18(11,14)15;/h2-5,8,12H,6-7H2,1H3,(H2,11,14,15);1H. The van der Waals surface area contributed by atoms with Gasteiger partial charge in [0.15, 0.2) is 0 Å². The molecule has 0 saturated carbocycles. The third kappa shape index (κ3) is 3.30. The molecule has 1 heterocycles. The van der Waals surface area contributed by atoms with Gasteiger partial charge in [0.2, 0.25) is 20.0 Å². The average molecular weight is 342 g/mol. The van der Waals surface area contributed by atoms with E-state index >= 15 is 0 Å². The molecular weight excluding hydrogens is 326 g/mol. The predicted molar refractivity (Wildman–Crippen MR) is 76.7 cm³/mol. The van der Waals surface area contributed by atoms with Gasteiger partial charge in [-0.1, -0.05) is 6.07 Å². The largest absolute Gasteiger partial charge is 0.313 e. The molecule has 1 aliphatic rings. The SMILES string of the molecule is CN(C1CNC1)S(=O)(=O)c1cccc(S(N)(=O)=O)c1.Cl. The number of halogens is 1. The second kappa shape index (κ2) is 5.96. The Morgan fingerprint density at radius 3 is 2.20 bits per heavy atom. The van der Waals surface area contributed by atoms with Crippen molar-refractivity contribution in [3.63, 3.8) is 0 Å². The number of benzene rings is 1. The van der Waals surface area contributed by atoms with Crippen molar-refractivity contribution in [3.8, 4) is 0 Å². The minimum absolute atomic E-state index is 0. The van der Waals surface area contributed by atoms with E-state index in [4.69, 9.17) is 5.14 Å². The van der Waals surface area contributed by atoms with Crippen molar-refractivity contribution in [2.45, 2.75) is 15.8 Å². The Balaban J connectivity index is 0.00000200. The summed E-state index contributed by atoms with van der Waals surface area (Å²) in [6.07, 6.45) is 0. The molecule has 1 aromatic rings. The van der Waals surface area contributed by atoms with E-state index in [1.54, 1.807) is 0 Å². The number of sulfonamides is 2. The highest BCUT2D eigenvalue weighted by Crippen LogP contribution is 2.20. The molecule has 10 heteroatoms. The number of rotatable bonds is 4. The zero-order valence-electron chi connectivity index (χ0n) is 10.7. The van der Waals surface area contributed by atoms with Crippen LogP contribution in [0.25, 0.3) is 0 Å². The van der Waals surface area contributed by atoms with Crippen LogP contribution in [-0.2, 0) is 20.0 Å². The summed E-state index contributed by atoms with van der Waals surface area (Å²) in [4.78, 5) is -0.290. The van der Waals surface area contributed by atoms with Crippen molar-refractivity contribution in [2.75, 3.05) is 20.1 Å². The maximum Gasteiger partial charge on any atom is 0.243 e. The Bertz CT molecular complexity index is 686. The Labute approximate surface area is 124 Å². The summed E-state index contributed by atoms with van der Waals surface area (Å²) in [5.74, 6) is 0. The second-order valence-corrected chi connectivity index (χ2v) is 7.91. The molecule has 1 fully saturated rings. The third-order valence-corrected chi connectivity index (χ3v) is 5.90. The predicted octanol–water partition coefficient (Wildman–Crippen LogP) is -0.652. The van der Waals surface area contributed by atoms with Crippen LogP contribution >= 0.6 is 12.4 Å². The lowest BCUT2D eigenvalue weighted by molar-refractivity contribution is 0.274. The van der Waals surface area contributed by atoms with E-state index in [0.29, 0.717) is 13.1 Å². The number of primary sulfonamides is 1. The van der Waals surface area contributed by atoms with Crippen molar-refractivity contribution < 1.29 is 16.8 Å². The molecule has 2 rings (SSSR count). The van der Waals surface area contributed by atoms with Gasteiger partial charge >= 0.3 is 0 Å². The molecule has 0 aliphatic carbocycles. The fourth-order valence-electron chi connectivity index (χ4n) is 1.70. The van der Waals surface area contributed by atoms with Crippen molar-refractivity contribution in [1.29, 1.82) is 0 Å². The number of nitrogens with two attached hydrogens (primary N) is 1. The van der Waals surface area contributed by atoms with Crippen LogP contribution in [0.15, 0.2) is 34.1 Å². The summed E-state index contributed by atoms with van der Waals surface area (Å²) in [5.41, 5.74) is 0. The molecule has 3 N–H and O–H groups in total. The summed E-state index contributed by atoms with van der Waals surface area (Å²) in [6, 6.07) is 4.95. The monoisotopic (exact) mass is 341 g/mol. The van der Waals surface area contributed by atoms with Gasteiger partial charge in [0.05, 0.1) is 9.79 Å². The normalized spacial score (nSPS) is 16.6. The Morgan fingerprint density at radius 1 is 1.20 bits per heavy atom. The third-order valence-electron chi connectivity index (χ3n) is 3.09. The molecule has 0 spiro atoms. The van der Waals surface area contributed by atoms with E-state index in [2.05, 4.69) is 5.32 Å². The average Bonchev–Trinajstić information content (AvgIpc) is 2.25. The van der Waals surface area contributed by atoms with Gasteiger partial charge in [0.25, 0.3) is 0 Å². The number of hydrogen-bond acceptors (Lipinski definition) is 5. The lowest BCUT2D eigenvalue weighted by atomic mass is 10.2. The quantitative estimate of drug-likeness (QED) is 0.756. The highest BCUT2D eigenvalue weighted by atomic mass is 35.5. The van der Waals surface area contributed by atoms with Crippen molar-refractivity contribution in [3.05, 3.63) is 24.3 Å². The summed E-state index contributed by atoms with van der Waals surface area (Å²) >= 11 is 0. The van der Waals surface area contributed by atoms with Crippen molar-refractivity contribution >= 4 is 32.5 Å². The second-order valence-electron chi connectivity index (χ2n) is 4.35. The molecule has 114 valence electrons. The van der Waals surface area contributed by atoms with Crippen LogP contribution in [0.5, 0.6) is 0 Å². The fourth-order valence-corrected chi connectivity index (χ4v) is 3.74. The smallest absolute Gasteiger partial charge is 0.243 e. The van der Waals surface area contributed by atoms with E-state index in [0.717, 1.165) is 6.07 Å². The van der Waals surface area contributed by atoms with Gasteiger partial charge in [0.1, 0.15) is 0 Å². The number of nitrogens with one attached hydrogen (secondary N) is 1. The first kappa shape index (κ1) is 17.3. The van der Waals surface area contributed by atoms with Crippen LogP contribution in [0, 0.1) is 0 Å². The lowest BCUT2D eigenvalue weighted by Gasteiger charge is -2.34. The maximum absolute atomic E-state index is 12.3. The highest BCUT2D eigenvalue weighted by molar-refractivity contribution is 7.90. The zero-order chi connectivity index (χ0) is 14.3. The van der Waals surface area contributed by atoms with Gasteiger partial charge in [-0.25, -0.2) is 22.0 Å². The number of nitrogens with zero attached hydrogens (tertiary/aromatic N) is 1. The summed E-state index contributed by atoms with van der Waals surface area (Å²) in [7, 11) is -6.15. The van der Waals surface area contributed by atoms with Gasteiger partial charge in [-0.2, -0.15) is 4.31 Å². The van der Waals surface area contributed by atoms with E-state index in [-0.39, 0.29) is 28.2 Å². The Morgan fingerprint density at radius 2 is 1.75 bits per heavy atom. The van der Waals surface area contributed by atoms with E-state index in [1.807, 2.05) is 0 Å². The summed E-state index contributed by atoms with van der Waals surface area (Å²) in [6.45, 7) is 1.18. The first-order valence-electron chi connectivity index (χ1n) is 5.54. The topological polar surface area (TPSA) is 110 Å². The van der Waals surface area contributed by atoms with Gasteiger partial charge in [-0.15, -0.1) is 12.4 Å². The first-order chi connectivity index (χ1) is 8.73. The summed E-state index contributed by atoms with van der Waals surface area (Å²) in [5, 5.41) is 7.98. The van der Waals surface area contributed by atoms with Crippen molar-refractivity contribution in [2.24, 2.45) is 5.14 Å². The van der Waals surface area contributed by atoms with Gasteiger partial charge < -0.3 is 5.32 Å². The Kier molecular flexibility index (Phi) is 5.17. The molecule has 1 aliphatic heterocycles. The fraction of sp³-hybridized carbons (Fsp3) is 0.400. The maximum atomic E-state index is 12.3. The molecule has 0 bridgehead atoms. The molecular formula is C10H16ClN3O4S2. The molecule has 1 aromatic carbocycles. The van der Waals surface area contributed by atoms with E-state index < -0.39 is 20.0 Å². The van der Waals surface area contributed by atoms with Crippen LogP contribution in [0.1, 0.15) is 0 Å². The molecule has 1 saturated heterocycles. The number of likely N-dealkylation sites (N-methyl/N-ethyl adjacent to an activating group) is 1. The van der Waals surface area contributed by atoms with Gasteiger partial charge in [-0.3, -0.25) is 0 Å². The summed E-state index contributed by atoms with van der Waals surface area (Å²) < 4.78 is 48.3. The van der Waals surface area contributed by atoms with Gasteiger partial charge in [0, 0.05) is 26.2 Å². The molecule has 0 atom stereocenters. The molecule has 0 unspecified atom stereocenters. The minimum atomic E-state index is -3.92.